The molecule has 0 heterocycles. The van der Waals surface area contributed by atoms with Crippen LogP contribution < -0.4 is 0 Å². The molecule has 46 valence electrons. The molecule has 2 nitrogen and oxygen atoms in total. The first-order chi connectivity index (χ1) is 3.81. The summed E-state index contributed by atoms with van der Waals surface area (Å²) in [5.41, 5.74) is 0. The van der Waals surface area contributed by atoms with Crippen molar-refractivity contribution in [3.8, 4) is 0 Å². The van der Waals surface area contributed by atoms with Crippen LogP contribution >= 0.6 is 0 Å². The third-order valence-electron chi connectivity index (χ3n) is 0.759. The van der Waals surface area contributed by atoms with Crippen molar-refractivity contribution >= 4 is 13.8 Å². The molecule has 0 bridgehead atoms. The van der Waals surface area contributed by atoms with Gasteiger partial charge in [-0.2, -0.15) is 0 Å². The summed E-state index contributed by atoms with van der Waals surface area (Å²) < 4.78 is 4.64. The molecule has 0 aliphatic carbocycles. The minimum absolute atomic E-state index is 0.0880. The molecular formula is C5H11BO2. The van der Waals surface area contributed by atoms with Crippen LogP contribution in [0.25, 0.3) is 0 Å². The lowest BCUT2D eigenvalue weighted by molar-refractivity contribution is -0.141. The molecule has 0 spiro atoms. The van der Waals surface area contributed by atoms with Crippen LogP contribution in [0.4, 0.5) is 0 Å². The van der Waals surface area contributed by atoms with Crippen molar-refractivity contribution in [1.29, 1.82) is 0 Å². The molecule has 0 N–H and O–H groups in total. The molecule has 0 aliphatic heterocycles. The summed E-state index contributed by atoms with van der Waals surface area (Å²) in [6.45, 7) is 2.45. The normalized spacial score (nSPS) is 8.62. The second-order valence-corrected chi connectivity index (χ2v) is 1.56. The minimum Gasteiger partial charge on any atom is -0.475 e. The van der Waals surface area contributed by atoms with Gasteiger partial charge in [0.25, 0.3) is 0 Å². The molecule has 0 aliphatic rings. The third-order valence-corrected chi connectivity index (χ3v) is 0.759. The molecule has 8 heavy (non-hydrogen) atoms. The van der Waals surface area contributed by atoms with Gasteiger partial charge in [0.15, 0.2) is 7.85 Å². The summed E-state index contributed by atoms with van der Waals surface area (Å²) in [5, 5.41) is 0. The van der Waals surface area contributed by atoms with Crippen molar-refractivity contribution in [2.45, 2.75) is 19.8 Å². The summed E-state index contributed by atoms with van der Waals surface area (Å²) in [6, 6.07) is 0. The second kappa shape index (κ2) is 4.69. The van der Waals surface area contributed by atoms with Crippen LogP contribution in [0.15, 0.2) is 0 Å². The maximum atomic E-state index is 10.4. The smallest absolute Gasteiger partial charge is 0.305 e. The molecule has 0 saturated carbocycles. The van der Waals surface area contributed by atoms with Gasteiger partial charge in [0.1, 0.15) is 0 Å². The van der Waals surface area contributed by atoms with E-state index >= 15 is 0 Å². The Morgan fingerprint density at radius 1 is 1.75 bits per heavy atom. The van der Waals surface area contributed by atoms with Crippen molar-refractivity contribution in [1.82, 2.24) is 0 Å². The first-order valence-corrected chi connectivity index (χ1v) is 2.96. The average molecular weight is 114 g/mol. The Kier molecular flexibility index (Phi) is 4.42. The maximum Gasteiger partial charge on any atom is 0.305 e. The Labute approximate surface area is 50.6 Å². The van der Waals surface area contributed by atoms with E-state index in [2.05, 4.69) is 4.74 Å². The summed E-state index contributed by atoms with van der Waals surface area (Å²) in [7, 11) is 1.81. The molecule has 0 radical (unpaired) electrons. The number of esters is 1. The lowest BCUT2D eigenvalue weighted by Crippen LogP contribution is -2.03. The third kappa shape index (κ3) is 3.72. The summed E-state index contributed by atoms with van der Waals surface area (Å²) in [4.78, 5) is 10.4. The molecule has 0 amide bonds. The molecule has 0 aromatic heterocycles. The van der Waals surface area contributed by atoms with Crippen molar-refractivity contribution in [2.75, 3.05) is 6.51 Å². The van der Waals surface area contributed by atoms with Gasteiger partial charge in [-0.1, -0.05) is 6.92 Å². The number of rotatable bonds is 3. The zero-order valence-electron chi connectivity index (χ0n) is 5.44. The van der Waals surface area contributed by atoms with Crippen LogP contribution in [0.2, 0.25) is 0 Å². The number of hydrogen-bond acceptors (Lipinski definition) is 2. The van der Waals surface area contributed by atoms with E-state index in [0.717, 1.165) is 6.42 Å². The summed E-state index contributed by atoms with van der Waals surface area (Å²) in [5.74, 6) is -0.0880. The molecule has 0 aromatic carbocycles. The van der Waals surface area contributed by atoms with Crippen molar-refractivity contribution in [3.63, 3.8) is 0 Å². The highest BCUT2D eigenvalue weighted by Gasteiger charge is 1.95. The molecular weight excluding hydrogens is 103 g/mol. The van der Waals surface area contributed by atoms with Crippen LogP contribution in [0, 0.1) is 0 Å². The summed E-state index contributed by atoms with van der Waals surface area (Å²) >= 11 is 0. The maximum absolute atomic E-state index is 10.4. The topological polar surface area (TPSA) is 26.3 Å². The van der Waals surface area contributed by atoms with Crippen molar-refractivity contribution in [3.05, 3.63) is 0 Å². The van der Waals surface area contributed by atoms with E-state index in [1.807, 2.05) is 14.8 Å². The van der Waals surface area contributed by atoms with Gasteiger partial charge in [0.05, 0.1) is 6.51 Å². The fourth-order valence-electron chi connectivity index (χ4n) is 0.437. The molecule has 0 rings (SSSR count). The van der Waals surface area contributed by atoms with Crippen molar-refractivity contribution < 1.29 is 9.53 Å². The molecule has 0 atom stereocenters. The number of hydrogen-bond donors (Lipinski definition) is 0. The van der Waals surface area contributed by atoms with E-state index in [1.54, 1.807) is 0 Å². The number of carbonyl (C=O) groups is 1. The van der Waals surface area contributed by atoms with Crippen LogP contribution in [0.5, 0.6) is 0 Å². The zero-order chi connectivity index (χ0) is 6.41. The highest BCUT2D eigenvalue weighted by molar-refractivity contribution is 6.08. The highest BCUT2D eigenvalue weighted by atomic mass is 16.5. The Morgan fingerprint density at radius 3 is 2.75 bits per heavy atom. The van der Waals surface area contributed by atoms with Gasteiger partial charge in [-0.3, -0.25) is 4.79 Å². The lowest BCUT2D eigenvalue weighted by Gasteiger charge is -1.96. The van der Waals surface area contributed by atoms with Gasteiger partial charge in [-0.15, -0.1) is 0 Å². The van der Waals surface area contributed by atoms with Crippen LogP contribution in [-0.2, 0) is 9.53 Å². The Hall–Kier alpha value is -0.465. The SMILES string of the molecule is BCOC(=O)CCC. The predicted octanol–water partition coefficient (Wildman–Crippen LogP) is -0.0797. The standard InChI is InChI=1S/C5H11BO2/c1-2-3-5(7)8-4-6/h2-4,6H2,1H3. The van der Waals surface area contributed by atoms with Gasteiger partial charge in [-0.25, -0.2) is 0 Å². The molecule has 0 aromatic rings. The van der Waals surface area contributed by atoms with Gasteiger partial charge >= 0.3 is 5.97 Å². The first-order valence-electron chi connectivity index (χ1n) is 2.96. The van der Waals surface area contributed by atoms with Gasteiger partial charge < -0.3 is 4.74 Å². The van der Waals surface area contributed by atoms with Crippen LogP contribution in [0.3, 0.4) is 0 Å². The van der Waals surface area contributed by atoms with E-state index in [4.69, 9.17) is 0 Å². The highest BCUT2D eigenvalue weighted by Crippen LogP contribution is 1.88. The summed E-state index contributed by atoms with van der Waals surface area (Å²) in [6.07, 6.45) is 1.42. The van der Waals surface area contributed by atoms with Gasteiger partial charge in [0.2, 0.25) is 0 Å². The van der Waals surface area contributed by atoms with Gasteiger partial charge in [0, 0.05) is 6.42 Å². The quantitative estimate of drug-likeness (QED) is 0.379. The Balaban J connectivity index is 3.06. The molecule has 0 fully saturated rings. The lowest BCUT2D eigenvalue weighted by atomic mass is 10.2. The van der Waals surface area contributed by atoms with E-state index in [1.165, 1.54) is 0 Å². The fraction of sp³-hybridized carbons (Fsp3) is 0.800. The predicted molar refractivity (Wildman–Crippen MR) is 34.4 cm³/mol. The molecule has 0 unspecified atom stereocenters. The zero-order valence-corrected chi connectivity index (χ0v) is 5.44. The fourth-order valence-corrected chi connectivity index (χ4v) is 0.437. The Morgan fingerprint density at radius 2 is 2.38 bits per heavy atom. The Bertz CT molecular complexity index is 64.8. The van der Waals surface area contributed by atoms with Crippen LogP contribution in [0.1, 0.15) is 19.8 Å². The molecule has 0 saturated heterocycles. The monoisotopic (exact) mass is 114 g/mol. The van der Waals surface area contributed by atoms with E-state index < -0.39 is 0 Å². The minimum atomic E-state index is -0.0880. The van der Waals surface area contributed by atoms with Gasteiger partial charge in [-0.05, 0) is 6.42 Å². The van der Waals surface area contributed by atoms with E-state index in [0.29, 0.717) is 12.9 Å². The average Bonchev–Trinajstić information content (AvgIpc) is 1.68. The van der Waals surface area contributed by atoms with E-state index in [-0.39, 0.29) is 5.97 Å². The second-order valence-electron chi connectivity index (χ2n) is 1.56. The number of ether oxygens (including phenoxy) is 1. The first kappa shape index (κ1) is 7.53. The van der Waals surface area contributed by atoms with Crippen molar-refractivity contribution in [2.24, 2.45) is 0 Å². The number of carbonyl (C=O) groups excluding carboxylic acids is 1. The largest absolute Gasteiger partial charge is 0.475 e. The molecule has 3 heteroatoms. The van der Waals surface area contributed by atoms with Crippen LogP contribution in [-0.4, -0.2) is 20.3 Å². The van der Waals surface area contributed by atoms with E-state index in [9.17, 15) is 4.79 Å².